The maximum atomic E-state index is 13.1. The highest BCUT2D eigenvalue weighted by Crippen LogP contribution is 2.19. The maximum Gasteiger partial charge on any atom is 0.263 e. The quantitative estimate of drug-likeness (QED) is 0.562. The summed E-state index contributed by atoms with van der Waals surface area (Å²) in [7, 11) is -3.73. The highest BCUT2D eigenvalue weighted by Gasteiger charge is 2.31. The van der Waals surface area contributed by atoms with Gasteiger partial charge in [0.2, 0.25) is 10.0 Å². The standard InChI is InChI=1S/C25H24N4O4S/c1-19-4-2-5-21(16-19)18-28-11-3-6-23(25(28)31)24(30)27-12-14-29(15-13-27)34(32,33)22-9-7-20(17-26)8-10-22/h2-11,16H,12-15,18H2,1H3. The molecule has 34 heavy (non-hydrogen) atoms. The van der Waals surface area contributed by atoms with Crippen molar-refractivity contribution < 1.29 is 13.2 Å². The van der Waals surface area contributed by atoms with Gasteiger partial charge in [0.15, 0.2) is 0 Å². The predicted molar refractivity (Wildman–Crippen MR) is 127 cm³/mol. The second-order valence-corrected chi connectivity index (χ2v) is 10.1. The molecule has 1 saturated heterocycles. The highest BCUT2D eigenvalue weighted by atomic mass is 32.2. The highest BCUT2D eigenvalue weighted by molar-refractivity contribution is 7.89. The number of pyridine rings is 1. The van der Waals surface area contributed by atoms with Gasteiger partial charge in [0, 0.05) is 32.4 Å². The first kappa shape index (κ1) is 23.4. The minimum absolute atomic E-state index is 0.0681. The van der Waals surface area contributed by atoms with Gasteiger partial charge in [-0.25, -0.2) is 8.42 Å². The minimum Gasteiger partial charge on any atom is -0.336 e. The Bertz CT molecular complexity index is 1410. The van der Waals surface area contributed by atoms with Gasteiger partial charge in [-0.1, -0.05) is 29.8 Å². The number of benzene rings is 2. The van der Waals surface area contributed by atoms with E-state index in [0.29, 0.717) is 12.1 Å². The van der Waals surface area contributed by atoms with E-state index >= 15 is 0 Å². The van der Waals surface area contributed by atoms with Crippen molar-refractivity contribution in [2.45, 2.75) is 18.4 Å². The summed E-state index contributed by atoms with van der Waals surface area (Å²) >= 11 is 0. The summed E-state index contributed by atoms with van der Waals surface area (Å²) in [6.07, 6.45) is 1.66. The monoisotopic (exact) mass is 476 g/mol. The average Bonchev–Trinajstić information content (AvgIpc) is 2.85. The summed E-state index contributed by atoms with van der Waals surface area (Å²) < 4.78 is 28.7. The van der Waals surface area contributed by atoms with Gasteiger partial charge in [-0.15, -0.1) is 0 Å². The van der Waals surface area contributed by atoms with Crippen LogP contribution in [0.3, 0.4) is 0 Å². The first-order chi connectivity index (χ1) is 16.3. The van der Waals surface area contributed by atoms with E-state index in [0.717, 1.165) is 11.1 Å². The molecule has 1 aliphatic rings. The van der Waals surface area contributed by atoms with Crippen molar-refractivity contribution in [3.05, 3.63) is 99.5 Å². The number of carbonyl (C=O) groups excluding carboxylic acids is 1. The zero-order valence-electron chi connectivity index (χ0n) is 18.7. The van der Waals surface area contributed by atoms with E-state index < -0.39 is 15.9 Å². The maximum absolute atomic E-state index is 13.1. The van der Waals surface area contributed by atoms with Crippen LogP contribution in [-0.2, 0) is 16.6 Å². The normalized spacial score (nSPS) is 14.5. The fourth-order valence-corrected chi connectivity index (χ4v) is 5.41. The van der Waals surface area contributed by atoms with Crippen LogP contribution in [-0.4, -0.2) is 54.3 Å². The Morgan fingerprint density at radius 1 is 1.00 bits per heavy atom. The van der Waals surface area contributed by atoms with Crippen LogP contribution in [0.5, 0.6) is 0 Å². The molecule has 0 saturated carbocycles. The van der Waals surface area contributed by atoms with Crippen LogP contribution < -0.4 is 5.56 Å². The van der Waals surface area contributed by atoms with Crippen molar-refractivity contribution in [3.8, 4) is 6.07 Å². The number of aromatic nitrogens is 1. The number of amides is 1. The van der Waals surface area contributed by atoms with Gasteiger partial charge in [0.1, 0.15) is 5.56 Å². The van der Waals surface area contributed by atoms with Crippen molar-refractivity contribution in [3.63, 3.8) is 0 Å². The summed E-state index contributed by atoms with van der Waals surface area (Å²) in [6, 6.07) is 18.7. The molecule has 2 heterocycles. The molecule has 0 radical (unpaired) electrons. The number of hydrogen-bond donors (Lipinski definition) is 0. The Hall–Kier alpha value is -3.74. The average molecular weight is 477 g/mol. The SMILES string of the molecule is Cc1cccc(Cn2cccc(C(=O)N3CCN(S(=O)(=O)c4ccc(C#N)cc4)CC3)c2=O)c1. The second kappa shape index (κ2) is 9.63. The number of nitrogens with zero attached hydrogens (tertiary/aromatic N) is 4. The largest absolute Gasteiger partial charge is 0.336 e. The third-order valence-electron chi connectivity index (χ3n) is 5.83. The Labute approximate surface area is 198 Å². The van der Waals surface area contributed by atoms with E-state index in [1.165, 1.54) is 44.1 Å². The third kappa shape index (κ3) is 4.78. The number of nitriles is 1. The third-order valence-corrected chi connectivity index (χ3v) is 7.75. The molecule has 3 aromatic rings. The van der Waals surface area contributed by atoms with E-state index in [1.807, 2.05) is 37.3 Å². The van der Waals surface area contributed by atoms with Gasteiger partial charge in [-0.3, -0.25) is 9.59 Å². The fourth-order valence-electron chi connectivity index (χ4n) is 3.98. The molecule has 0 atom stereocenters. The summed E-state index contributed by atoms with van der Waals surface area (Å²) in [5.74, 6) is -0.404. The van der Waals surface area contributed by atoms with Gasteiger partial charge in [-0.2, -0.15) is 9.57 Å². The molecule has 1 amide bonds. The van der Waals surface area contributed by atoms with E-state index in [1.54, 1.807) is 12.3 Å². The van der Waals surface area contributed by atoms with Crippen molar-refractivity contribution in [1.29, 1.82) is 5.26 Å². The molecule has 174 valence electrons. The molecular formula is C25H24N4O4S. The molecule has 0 aliphatic carbocycles. The van der Waals surface area contributed by atoms with Gasteiger partial charge in [0.25, 0.3) is 11.5 Å². The van der Waals surface area contributed by atoms with Crippen LogP contribution in [0.1, 0.15) is 27.0 Å². The van der Waals surface area contributed by atoms with Crippen LogP contribution in [0.25, 0.3) is 0 Å². The number of hydrogen-bond acceptors (Lipinski definition) is 5. The molecule has 2 aromatic carbocycles. The van der Waals surface area contributed by atoms with E-state index in [4.69, 9.17) is 5.26 Å². The Kier molecular flexibility index (Phi) is 6.63. The molecule has 1 fully saturated rings. The summed E-state index contributed by atoms with van der Waals surface area (Å²) in [6.45, 7) is 2.95. The zero-order valence-corrected chi connectivity index (χ0v) is 19.5. The lowest BCUT2D eigenvalue weighted by molar-refractivity contribution is 0.0695. The molecular weight excluding hydrogens is 452 g/mol. The van der Waals surface area contributed by atoms with Gasteiger partial charge in [-0.05, 0) is 48.9 Å². The van der Waals surface area contributed by atoms with Crippen LogP contribution >= 0.6 is 0 Å². The number of carbonyl (C=O) groups is 1. The Morgan fingerprint density at radius 2 is 1.71 bits per heavy atom. The molecule has 1 aliphatic heterocycles. The number of rotatable bonds is 5. The van der Waals surface area contributed by atoms with Crippen LogP contribution in [0.15, 0.2) is 76.6 Å². The number of piperazine rings is 1. The summed E-state index contributed by atoms with van der Waals surface area (Å²) in [5.41, 5.74) is 2.13. The molecule has 0 unspecified atom stereocenters. The van der Waals surface area contributed by atoms with Gasteiger partial charge < -0.3 is 9.47 Å². The number of sulfonamides is 1. The van der Waals surface area contributed by atoms with E-state index in [2.05, 4.69) is 0 Å². The minimum atomic E-state index is -3.73. The lowest BCUT2D eigenvalue weighted by atomic mass is 10.1. The molecule has 9 heteroatoms. The van der Waals surface area contributed by atoms with E-state index in [9.17, 15) is 18.0 Å². The molecule has 8 nitrogen and oxygen atoms in total. The van der Waals surface area contributed by atoms with Crippen LogP contribution in [0.2, 0.25) is 0 Å². The molecule has 0 spiro atoms. The molecule has 1 aromatic heterocycles. The lowest BCUT2D eigenvalue weighted by Crippen LogP contribution is -2.51. The van der Waals surface area contributed by atoms with Crippen molar-refractivity contribution in [2.75, 3.05) is 26.2 Å². The Balaban J connectivity index is 1.46. The topological polar surface area (TPSA) is 103 Å². The molecule has 0 bridgehead atoms. The van der Waals surface area contributed by atoms with Gasteiger partial charge in [0.05, 0.1) is 23.1 Å². The second-order valence-electron chi connectivity index (χ2n) is 8.18. The summed E-state index contributed by atoms with van der Waals surface area (Å²) in [5, 5.41) is 8.91. The predicted octanol–water partition coefficient (Wildman–Crippen LogP) is 2.22. The molecule has 4 rings (SSSR count). The lowest BCUT2D eigenvalue weighted by Gasteiger charge is -2.34. The summed E-state index contributed by atoms with van der Waals surface area (Å²) in [4.78, 5) is 27.7. The zero-order chi connectivity index (χ0) is 24.3. The first-order valence-corrected chi connectivity index (χ1v) is 12.3. The van der Waals surface area contributed by atoms with Crippen LogP contribution in [0.4, 0.5) is 0 Å². The molecule has 0 N–H and O–H groups in total. The van der Waals surface area contributed by atoms with Crippen LogP contribution in [0, 0.1) is 18.3 Å². The fraction of sp³-hybridized carbons (Fsp3) is 0.240. The van der Waals surface area contributed by atoms with Gasteiger partial charge >= 0.3 is 0 Å². The van der Waals surface area contributed by atoms with Crippen molar-refractivity contribution in [2.24, 2.45) is 0 Å². The first-order valence-electron chi connectivity index (χ1n) is 10.8. The smallest absolute Gasteiger partial charge is 0.263 e. The van der Waals surface area contributed by atoms with Crippen molar-refractivity contribution in [1.82, 2.24) is 13.8 Å². The number of aryl methyl sites for hydroxylation is 1. The van der Waals surface area contributed by atoms with E-state index in [-0.39, 0.29) is 42.2 Å². The Morgan fingerprint density at radius 3 is 2.35 bits per heavy atom. The van der Waals surface area contributed by atoms with Crippen molar-refractivity contribution >= 4 is 15.9 Å².